The molecule has 26 heavy (non-hydrogen) atoms. The molecule has 1 heterocycles. The first-order chi connectivity index (χ1) is 12.3. The van der Waals surface area contributed by atoms with Gasteiger partial charge in [0, 0.05) is 16.1 Å². The van der Waals surface area contributed by atoms with Crippen LogP contribution >= 0.6 is 44.1 Å². The minimum absolute atomic E-state index is 0.0358. The number of nitrogens with one attached hydrogen (secondary N) is 1. The Labute approximate surface area is 170 Å². The van der Waals surface area contributed by atoms with Crippen LogP contribution in [0.3, 0.4) is 0 Å². The van der Waals surface area contributed by atoms with Crippen LogP contribution in [0.4, 0.5) is 5.69 Å². The number of halogens is 2. The number of amides is 2. The summed E-state index contributed by atoms with van der Waals surface area (Å²) in [6.45, 7) is 0. The van der Waals surface area contributed by atoms with Gasteiger partial charge in [-0.25, -0.2) is 0 Å². The molecule has 2 amide bonds. The van der Waals surface area contributed by atoms with Gasteiger partial charge in [0.1, 0.15) is 17.1 Å². The van der Waals surface area contributed by atoms with Crippen LogP contribution in [0.25, 0.3) is 6.08 Å². The highest BCUT2D eigenvalue weighted by Gasteiger charge is 2.34. The fourth-order valence-corrected chi connectivity index (χ4v) is 3.37. The van der Waals surface area contributed by atoms with E-state index in [0.717, 1.165) is 10.5 Å². The number of hydrogen-bond acceptors (Lipinski definition) is 5. The SMILES string of the molecule is O=C1NC(=S)N(c2cccc(Br)c2)C(=O)C1=Cc1cc(Br)c(O)cc1O. The maximum atomic E-state index is 12.9. The number of thiocarbonyl (C=S) groups is 1. The van der Waals surface area contributed by atoms with Gasteiger partial charge in [-0.1, -0.05) is 22.0 Å². The molecular weight excluding hydrogens is 488 g/mol. The molecular formula is C17H10Br2N2O4S. The molecule has 132 valence electrons. The van der Waals surface area contributed by atoms with Gasteiger partial charge in [-0.15, -0.1) is 0 Å². The fraction of sp³-hybridized carbons (Fsp3) is 0. The molecule has 2 aromatic rings. The number of anilines is 1. The van der Waals surface area contributed by atoms with E-state index in [1.54, 1.807) is 24.3 Å². The largest absolute Gasteiger partial charge is 0.507 e. The second-order valence-electron chi connectivity index (χ2n) is 5.30. The van der Waals surface area contributed by atoms with Crippen LogP contribution in [0.1, 0.15) is 5.56 Å². The van der Waals surface area contributed by atoms with Gasteiger partial charge in [-0.05, 0) is 58.5 Å². The average Bonchev–Trinajstić information content (AvgIpc) is 2.56. The standard InChI is InChI=1S/C17H10Br2N2O4S/c18-9-2-1-3-10(6-9)21-16(25)11(15(24)20-17(21)26)4-8-5-12(19)14(23)7-13(8)22/h1-7,22-23H,(H,20,24,26). The van der Waals surface area contributed by atoms with Crippen LogP contribution in [-0.4, -0.2) is 27.1 Å². The topological polar surface area (TPSA) is 89.9 Å². The summed E-state index contributed by atoms with van der Waals surface area (Å²) in [5, 5.41) is 22.0. The zero-order chi connectivity index (χ0) is 19.0. The summed E-state index contributed by atoms with van der Waals surface area (Å²) in [7, 11) is 0. The van der Waals surface area contributed by atoms with Gasteiger partial charge in [0.2, 0.25) is 0 Å². The third-order valence-corrected chi connectivity index (χ3v) is 4.98. The molecule has 0 spiro atoms. The molecule has 6 nitrogen and oxygen atoms in total. The van der Waals surface area contributed by atoms with Crippen molar-refractivity contribution in [2.45, 2.75) is 0 Å². The monoisotopic (exact) mass is 496 g/mol. The predicted octanol–water partition coefficient (Wildman–Crippen LogP) is 3.45. The number of phenols is 2. The van der Waals surface area contributed by atoms with E-state index in [0.29, 0.717) is 10.2 Å². The van der Waals surface area contributed by atoms with Crippen LogP contribution in [0.15, 0.2) is 50.9 Å². The molecule has 1 saturated heterocycles. The van der Waals surface area contributed by atoms with Crippen molar-refractivity contribution in [3.8, 4) is 11.5 Å². The molecule has 0 aromatic heterocycles. The van der Waals surface area contributed by atoms with Gasteiger partial charge < -0.3 is 10.2 Å². The van der Waals surface area contributed by atoms with Crippen molar-refractivity contribution < 1.29 is 19.8 Å². The maximum absolute atomic E-state index is 12.9. The van der Waals surface area contributed by atoms with E-state index < -0.39 is 11.8 Å². The van der Waals surface area contributed by atoms with E-state index in [1.165, 1.54) is 17.0 Å². The first kappa shape index (κ1) is 18.6. The lowest BCUT2D eigenvalue weighted by Gasteiger charge is -2.29. The summed E-state index contributed by atoms with van der Waals surface area (Å²) in [4.78, 5) is 26.3. The molecule has 1 aliphatic rings. The zero-order valence-electron chi connectivity index (χ0n) is 12.9. The number of benzene rings is 2. The van der Waals surface area contributed by atoms with E-state index in [4.69, 9.17) is 12.2 Å². The number of aromatic hydroxyl groups is 2. The Morgan fingerprint density at radius 2 is 1.81 bits per heavy atom. The minimum atomic E-state index is -0.671. The van der Waals surface area contributed by atoms with Gasteiger partial charge >= 0.3 is 0 Å². The Morgan fingerprint density at radius 3 is 2.50 bits per heavy atom. The summed E-state index contributed by atoms with van der Waals surface area (Å²) in [6, 6.07) is 9.40. The van der Waals surface area contributed by atoms with Crippen LogP contribution in [0.2, 0.25) is 0 Å². The van der Waals surface area contributed by atoms with E-state index >= 15 is 0 Å². The Morgan fingerprint density at radius 1 is 1.08 bits per heavy atom. The highest BCUT2D eigenvalue weighted by atomic mass is 79.9. The highest BCUT2D eigenvalue weighted by Crippen LogP contribution is 2.33. The second-order valence-corrected chi connectivity index (χ2v) is 7.46. The molecule has 3 N–H and O–H groups in total. The Kier molecular flexibility index (Phi) is 5.12. The smallest absolute Gasteiger partial charge is 0.270 e. The van der Waals surface area contributed by atoms with Crippen molar-refractivity contribution in [3.63, 3.8) is 0 Å². The maximum Gasteiger partial charge on any atom is 0.270 e. The lowest BCUT2D eigenvalue weighted by molar-refractivity contribution is -0.122. The van der Waals surface area contributed by atoms with Crippen molar-refractivity contribution in [1.82, 2.24) is 5.32 Å². The van der Waals surface area contributed by atoms with Crippen molar-refractivity contribution >= 4 is 72.8 Å². The van der Waals surface area contributed by atoms with E-state index in [1.807, 2.05) is 0 Å². The van der Waals surface area contributed by atoms with Crippen molar-refractivity contribution in [2.24, 2.45) is 0 Å². The lowest BCUT2D eigenvalue weighted by Crippen LogP contribution is -2.54. The molecule has 1 fully saturated rings. The lowest BCUT2D eigenvalue weighted by atomic mass is 10.1. The number of rotatable bonds is 2. The quantitative estimate of drug-likeness (QED) is 0.336. The third kappa shape index (κ3) is 3.50. The molecule has 2 aromatic carbocycles. The van der Waals surface area contributed by atoms with Gasteiger partial charge in [0.25, 0.3) is 11.8 Å². The van der Waals surface area contributed by atoms with Crippen LogP contribution in [0, 0.1) is 0 Å². The normalized spacial score (nSPS) is 16.2. The van der Waals surface area contributed by atoms with Gasteiger partial charge in [-0.2, -0.15) is 0 Å². The average molecular weight is 498 g/mol. The summed E-state index contributed by atoms with van der Waals surface area (Å²) >= 11 is 11.6. The third-order valence-electron chi connectivity index (χ3n) is 3.56. The zero-order valence-corrected chi connectivity index (χ0v) is 16.9. The first-order valence-electron chi connectivity index (χ1n) is 7.16. The molecule has 9 heteroatoms. The van der Waals surface area contributed by atoms with Crippen molar-refractivity contribution in [3.05, 3.63) is 56.5 Å². The number of nitrogens with zero attached hydrogens (tertiary/aromatic N) is 1. The van der Waals surface area contributed by atoms with Crippen molar-refractivity contribution in [1.29, 1.82) is 0 Å². The number of carbonyl (C=O) groups is 2. The summed E-state index contributed by atoms with van der Waals surface area (Å²) in [5.41, 5.74) is 0.470. The van der Waals surface area contributed by atoms with Crippen LogP contribution in [0.5, 0.6) is 11.5 Å². The molecule has 0 radical (unpaired) electrons. The van der Waals surface area contributed by atoms with E-state index in [2.05, 4.69) is 37.2 Å². The molecule has 0 atom stereocenters. The number of phenolic OH excluding ortho intramolecular Hbond substituents is 2. The van der Waals surface area contributed by atoms with E-state index in [9.17, 15) is 19.8 Å². The van der Waals surface area contributed by atoms with E-state index in [-0.39, 0.29) is 27.7 Å². The van der Waals surface area contributed by atoms with Crippen LogP contribution in [-0.2, 0) is 9.59 Å². The van der Waals surface area contributed by atoms with Gasteiger partial charge in [-0.3, -0.25) is 19.8 Å². The molecule has 0 unspecified atom stereocenters. The highest BCUT2D eigenvalue weighted by molar-refractivity contribution is 9.10. The first-order valence-corrected chi connectivity index (χ1v) is 9.16. The summed E-state index contributed by atoms with van der Waals surface area (Å²) < 4.78 is 1.05. The number of hydrogen-bond donors (Lipinski definition) is 3. The number of carbonyl (C=O) groups excluding carboxylic acids is 2. The molecule has 0 bridgehead atoms. The second kappa shape index (κ2) is 7.18. The molecule has 1 aliphatic heterocycles. The molecule has 0 aliphatic carbocycles. The minimum Gasteiger partial charge on any atom is -0.507 e. The fourth-order valence-electron chi connectivity index (χ4n) is 2.34. The predicted molar refractivity (Wildman–Crippen MR) is 108 cm³/mol. The Hall–Kier alpha value is -2.23. The van der Waals surface area contributed by atoms with Crippen molar-refractivity contribution in [2.75, 3.05) is 4.90 Å². The van der Waals surface area contributed by atoms with Crippen LogP contribution < -0.4 is 10.2 Å². The van der Waals surface area contributed by atoms with Gasteiger partial charge in [0.15, 0.2) is 5.11 Å². The summed E-state index contributed by atoms with van der Waals surface area (Å²) in [5.74, 6) is -1.74. The Balaban J connectivity index is 2.07. The molecule has 0 saturated carbocycles. The Bertz CT molecular complexity index is 991. The summed E-state index contributed by atoms with van der Waals surface area (Å²) in [6.07, 6.45) is 1.24. The van der Waals surface area contributed by atoms with Gasteiger partial charge in [0.05, 0.1) is 10.2 Å². The molecule has 3 rings (SSSR count).